The molecule has 0 amide bonds. The van der Waals surface area contributed by atoms with Gasteiger partial charge in [-0.3, -0.25) is 4.79 Å². The minimum absolute atomic E-state index is 0.146. The molecule has 0 fully saturated rings. The first-order valence-electron chi connectivity index (χ1n) is 12.9. The van der Waals surface area contributed by atoms with Crippen LogP contribution in [0.25, 0.3) is 10.9 Å². The molecule has 32 heavy (non-hydrogen) atoms. The van der Waals surface area contributed by atoms with Gasteiger partial charge in [-0.15, -0.1) is 0 Å². The molecular weight excluding hydrogens is 398 g/mol. The topological polar surface area (TPSA) is 59.2 Å². The molecule has 1 N–H and O–H groups in total. The van der Waals surface area contributed by atoms with Crippen molar-refractivity contribution in [3.8, 4) is 0 Å². The summed E-state index contributed by atoms with van der Waals surface area (Å²) in [4.78, 5) is 27.6. The van der Waals surface area contributed by atoms with Crippen LogP contribution in [-0.4, -0.2) is 23.8 Å². The zero-order chi connectivity index (χ0) is 23.0. The van der Waals surface area contributed by atoms with Gasteiger partial charge in [0.25, 0.3) is 0 Å². The van der Waals surface area contributed by atoms with Gasteiger partial charge in [0.1, 0.15) is 0 Å². The molecular formula is C28H43NO3. The van der Waals surface area contributed by atoms with Gasteiger partial charge in [-0.1, -0.05) is 96.8 Å². The Morgan fingerprint density at radius 2 is 1.31 bits per heavy atom. The summed E-state index contributed by atoms with van der Waals surface area (Å²) in [5.41, 5.74) is 2.02. The van der Waals surface area contributed by atoms with Crippen LogP contribution < -0.4 is 0 Å². The third kappa shape index (κ3) is 9.18. The monoisotopic (exact) mass is 441 g/mol. The van der Waals surface area contributed by atoms with E-state index in [9.17, 15) is 9.59 Å². The summed E-state index contributed by atoms with van der Waals surface area (Å²) in [6, 6.07) is 5.29. The molecule has 1 heterocycles. The lowest BCUT2D eigenvalue weighted by Crippen LogP contribution is -2.02. The van der Waals surface area contributed by atoms with Crippen LogP contribution in [-0.2, 0) is 4.74 Å². The maximum atomic E-state index is 12.7. The quantitative estimate of drug-likeness (QED) is 0.143. The van der Waals surface area contributed by atoms with Crippen LogP contribution in [0.1, 0.15) is 130 Å². The lowest BCUT2D eigenvalue weighted by Gasteiger charge is -2.04. The number of aromatic nitrogens is 1. The number of esters is 1. The standard InChI is InChI=1S/C28H43NO3/c1-3-4-5-6-7-8-9-10-11-12-13-14-15-16-17-18-27(30)25-22-29-26-20-19-23(21-24(25)26)28(31)32-2/h19-22,29H,3-18H2,1-2H3. The Hall–Kier alpha value is -2.10. The summed E-state index contributed by atoms with van der Waals surface area (Å²) in [5, 5.41) is 0.804. The second-order valence-corrected chi connectivity index (χ2v) is 9.08. The molecule has 0 saturated carbocycles. The Bertz CT molecular complexity index is 808. The number of carbonyl (C=O) groups excluding carboxylic acids is 2. The second kappa shape index (κ2) is 15.7. The molecule has 0 spiro atoms. The lowest BCUT2D eigenvalue weighted by atomic mass is 10.0. The van der Waals surface area contributed by atoms with E-state index in [0.29, 0.717) is 17.5 Å². The molecule has 1 aromatic heterocycles. The fraction of sp³-hybridized carbons (Fsp3) is 0.643. The Morgan fingerprint density at radius 3 is 1.84 bits per heavy atom. The highest BCUT2D eigenvalue weighted by molar-refractivity contribution is 6.09. The van der Waals surface area contributed by atoms with E-state index in [0.717, 1.165) is 23.7 Å². The maximum absolute atomic E-state index is 12.7. The highest BCUT2D eigenvalue weighted by atomic mass is 16.5. The largest absolute Gasteiger partial charge is 0.465 e. The highest BCUT2D eigenvalue weighted by Gasteiger charge is 2.14. The average molecular weight is 442 g/mol. The molecule has 0 radical (unpaired) electrons. The number of ether oxygens (including phenoxy) is 1. The summed E-state index contributed by atoms with van der Waals surface area (Å²) in [5.74, 6) is -0.234. The molecule has 2 aromatic rings. The SMILES string of the molecule is CCCCCCCCCCCCCCCCCC(=O)c1c[nH]c2ccc(C(=O)OC)cc12. The van der Waals surface area contributed by atoms with Crippen LogP contribution in [0.4, 0.5) is 0 Å². The molecule has 1 aromatic carbocycles. The van der Waals surface area contributed by atoms with E-state index in [2.05, 4.69) is 11.9 Å². The smallest absolute Gasteiger partial charge is 0.337 e. The summed E-state index contributed by atoms with van der Waals surface area (Å²) in [6.45, 7) is 2.27. The van der Waals surface area contributed by atoms with Gasteiger partial charge in [0.05, 0.1) is 12.7 Å². The molecule has 0 unspecified atom stereocenters. The number of hydrogen-bond acceptors (Lipinski definition) is 3. The first kappa shape index (κ1) is 26.2. The Labute approximate surface area is 194 Å². The Morgan fingerprint density at radius 1 is 0.781 bits per heavy atom. The fourth-order valence-electron chi connectivity index (χ4n) is 4.39. The van der Waals surface area contributed by atoms with Crippen molar-refractivity contribution in [3.63, 3.8) is 0 Å². The molecule has 0 aliphatic rings. The van der Waals surface area contributed by atoms with Gasteiger partial charge >= 0.3 is 5.97 Å². The van der Waals surface area contributed by atoms with Gasteiger partial charge in [0, 0.05) is 29.1 Å². The van der Waals surface area contributed by atoms with Gasteiger partial charge in [0.2, 0.25) is 0 Å². The number of nitrogens with one attached hydrogen (secondary N) is 1. The number of carbonyl (C=O) groups is 2. The van der Waals surface area contributed by atoms with Gasteiger partial charge in [0.15, 0.2) is 5.78 Å². The van der Waals surface area contributed by atoms with E-state index in [1.165, 1.54) is 90.6 Å². The third-order valence-electron chi connectivity index (χ3n) is 6.41. The molecule has 4 heteroatoms. The average Bonchev–Trinajstić information content (AvgIpc) is 3.24. The zero-order valence-corrected chi connectivity index (χ0v) is 20.3. The molecule has 0 bridgehead atoms. The van der Waals surface area contributed by atoms with E-state index in [1.807, 2.05) is 6.07 Å². The summed E-state index contributed by atoms with van der Waals surface area (Å²) >= 11 is 0. The molecule has 178 valence electrons. The van der Waals surface area contributed by atoms with Crippen LogP contribution in [0.5, 0.6) is 0 Å². The van der Waals surface area contributed by atoms with E-state index in [4.69, 9.17) is 4.74 Å². The molecule has 0 saturated heterocycles. The second-order valence-electron chi connectivity index (χ2n) is 9.08. The van der Waals surface area contributed by atoms with Crippen molar-refractivity contribution in [1.82, 2.24) is 4.98 Å². The van der Waals surface area contributed by atoms with Crippen molar-refractivity contribution in [2.24, 2.45) is 0 Å². The van der Waals surface area contributed by atoms with E-state index < -0.39 is 0 Å². The van der Waals surface area contributed by atoms with Crippen molar-refractivity contribution in [2.45, 2.75) is 110 Å². The van der Waals surface area contributed by atoms with E-state index >= 15 is 0 Å². The Kier molecular flexibility index (Phi) is 12.8. The van der Waals surface area contributed by atoms with Gasteiger partial charge in [-0.2, -0.15) is 0 Å². The molecule has 0 aliphatic heterocycles. The molecule has 2 rings (SSSR count). The van der Waals surface area contributed by atoms with Gasteiger partial charge in [-0.25, -0.2) is 4.79 Å². The molecule has 0 aliphatic carbocycles. The minimum atomic E-state index is -0.381. The predicted molar refractivity (Wildman–Crippen MR) is 134 cm³/mol. The first-order chi connectivity index (χ1) is 15.7. The number of Topliss-reactive ketones (excluding diaryl/α,β-unsaturated/α-hetero) is 1. The van der Waals surface area contributed by atoms with Crippen molar-refractivity contribution in [1.29, 1.82) is 0 Å². The number of hydrogen-bond donors (Lipinski definition) is 1. The summed E-state index contributed by atoms with van der Waals surface area (Å²) in [7, 11) is 1.37. The zero-order valence-electron chi connectivity index (χ0n) is 20.3. The number of benzene rings is 1. The molecule has 0 atom stereocenters. The first-order valence-corrected chi connectivity index (χ1v) is 12.9. The lowest BCUT2D eigenvalue weighted by molar-refractivity contribution is 0.0600. The maximum Gasteiger partial charge on any atom is 0.337 e. The normalized spacial score (nSPS) is 11.2. The minimum Gasteiger partial charge on any atom is -0.465 e. The van der Waals surface area contributed by atoms with E-state index in [-0.39, 0.29) is 11.8 Å². The van der Waals surface area contributed by atoms with E-state index in [1.54, 1.807) is 18.3 Å². The molecule has 4 nitrogen and oxygen atoms in total. The summed E-state index contributed by atoms with van der Waals surface area (Å²) in [6.07, 6.45) is 22.1. The predicted octanol–water partition coefficient (Wildman–Crippen LogP) is 8.40. The van der Waals surface area contributed by atoms with Gasteiger partial charge in [-0.05, 0) is 24.6 Å². The number of H-pyrrole nitrogens is 1. The fourth-order valence-corrected chi connectivity index (χ4v) is 4.39. The van der Waals surface area contributed by atoms with Crippen LogP contribution in [0, 0.1) is 0 Å². The van der Waals surface area contributed by atoms with Crippen LogP contribution >= 0.6 is 0 Å². The number of ketones is 1. The summed E-state index contributed by atoms with van der Waals surface area (Å²) < 4.78 is 4.79. The number of rotatable bonds is 18. The number of aromatic amines is 1. The van der Waals surface area contributed by atoms with Crippen molar-refractivity contribution >= 4 is 22.7 Å². The Balaban J connectivity index is 1.53. The van der Waals surface area contributed by atoms with Crippen molar-refractivity contribution in [3.05, 3.63) is 35.5 Å². The van der Waals surface area contributed by atoms with Crippen molar-refractivity contribution < 1.29 is 14.3 Å². The van der Waals surface area contributed by atoms with Crippen LogP contribution in [0.3, 0.4) is 0 Å². The van der Waals surface area contributed by atoms with Crippen molar-refractivity contribution in [2.75, 3.05) is 7.11 Å². The third-order valence-corrected chi connectivity index (χ3v) is 6.41. The van der Waals surface area contributed by atoms with Crippen LogP contribution in [0.2, 0.25) is 0 Å². The number of methoxy groups -OCH3 is 1. The van der Waals surface area contributed by atoms with Crippen LogP contribution in [0.15, 0.2) is 24.4 Å². The number of unbranched alkanes of at least 4 members (excludes halogenated alkanes) is 14. The van der Waals surface area contributed by atoms with Gasteiger partial charge < -0.3 is 9.72 Å². The highest BCUT2D eigenvalue weighted by Crippen LogP contribution is 2.23. The number of fused-ring (bicyclic) bond motifs is 1.